The molecule has 12 nitrogen and oxygen atoms in total. The van der Waals surface area contributed by atoms with Gasteiger partial charge in [0.15, 0.2) is 5.60 Å². The number of carbonyl (C=O) groups excluding carboxylic acids is 3. The molecule has 0 saturated carbocycles. The van der Waals surface area contributed by atoms with Gasteiger partial charge in [-0.15, -0.1) is 5.10 Å². The smallest absolute Gasteiger partial charge is 0.305 e. The van der Waals surface area contributed by atoms with Crippen LogP contribution in [-0.2, 0) is 32.9 Å². The number of aliphatic hydroxyl groups excluding tert-OH is 1. The van der Waals surface area contributed by atoms with Gasteiger partial charge < -0.3 is 30.9 Å². The van der Waals surface area contributed by atoms with E-state index in [1.54, 1.807) is 71.2 Å². The number of nitrogen functional groups attached to an aromatic ring is 1. The lowest BCUT2D eigenvalue weighted by Crippen LogP contribution is -2.44. The summed E-state index contributed by atoms with van der Waals surface area (Å²) in [5, 5.41) is 32.0. The fourth-order valence-electron chi connectivity index (χ4n) is 5.05. The van der Waals surface area contributed by atoms with E-state index in [4.69, 9.17) is 15.6 Å². The van der Waals surface area contributed by atoms with Gasteiger partial charge in [0.1, 0.15) is 0 Å². The second-order valence-corrected chi connectivity index (χ2v) is 10.5. The molecule has 0 fully saturated rings. The number of allylic oxidation sites excluding steroid dienone is 1. The van der Waals surface area contributed by atoms with Gasteiger partial charge in [-0.3, -0.25) is 19.1 Å². The molecule has 0 aliphatic carbocycles. The third kappa shape index (κ3) is 7.27. The average Bonchev–Trinajstić information content (AvgIpc) is 3.54. The number of esters is 1. The average molecular weight is 591 g/mol. The number of unbranched alkanes of at least 4 members (excludes halogenated alkanes) is 1. The van der Waals surface area contributed by atoms with Gasteiger partial charge in [0.2, 0.25) is 0 Å². The summed E-state index contributed by atoms with van der Waals surface area (Å²) in [6.45, 7) is 2.62. The molecule has 2 aromatic carbocycles. The Morgan fingerprint density at radius 1 is 1.16 bits per heavy atom. The van der Waals surface area contributed by atoms with E-state index in [0.29, 0.717) is 72.7 Å². The van der Waals surface area contributed by atoms with Crippen molar-refractivity contribution in [2.45, 2.75) is 51.2 Å². The number of fused-ring (bicyclic) bond motifs is 1. The van der Waals surface area contributed by atoms with Crippen molar-refractivity contribution >= 4 is 34.8 Å². The van der Waals surface area contributed by atoms with E-state index in [-0.39, 0.29) is 24.9 Å². The Hall–Kier alpha value is -4.55. The number of benzene rings is 2. The minimum Gasteiger partial charge on any atom is -0.469 e. The molecule has 0 bridgehead atoms. The van der Waals surface area contributed by atoms with Gasteiger partial charge in [-0.25, -0.2) is 0 Å². The molecule has 2 amide bonds. The fourth-order valence-corrected chi connectivity index (χ4v) is 5.05. The van der Waals surface area contributed by atoms with E-state index < -0.39 is 17.4 Å². The molecule has 0 spiro atoms. The standard InChI is InChI=1S/C31H38N6O6/c1-21(7-3-5-16-36-20-25(15-18-38)34-35-36)31(42)26-19-24(33-29(40)22-9-11-23(32)12-10-22)13-14-27(26)37(30(31)41)17-6-4-8-28(39)43-2/h3,7,9-14,19-21,38,42H,4-6,8,15-18,32H2,1-2H3,(H,33,40)/b7-3+/t21-,31+/m1/s1. The number of hydrogen-bond acceptors (Lipinski definition) is 9. The van der Waals surface area contributed by atoms with Crippen LogP contribution in [0.1, 0.15) is 54.2 Å². The normalized spacial score (nSPS) is 16.8. The van der Waals surface area contributed by atoms with Crippen LogP contribution in [-0.4, -0.2) is 63.3 Å². The largest absolute Gasteiger partial charge is 0.469 e. The molecule has 12 heteroatoms. The van der Waals surface area contributed by atoms with Crippen molar-refractivity contribution in [3.8, 4) is 0 Å². The van der Waals surface area contributed by atoms with Crippen LogP contribution in [0.3, 0.4) is 0 Å². The molecule has 43 heavy (non-hydrogen) atoms. The number of methoxy groups -OCH3 is 1. The highest BCUT2D eigenvalue weighted by Gasteiger charge is 2.52. The highest BCUT2D eigenvalue weighted by molar-refractivity contribution is 6.09. The van der Waals surface area contributed by atoms with Gasteiger partial charge in [-0.1, -0.05) is 24.3 Å². The first kappa shape index (κ1) is 31.4. The Kier molecular flexibility index (Phi) is 10.3. The van der Waals surface area contributed by atoms with Crippen molar-refractivity contribution in [1.82, 2.24) is 15.0 Å². The van der Waals surface area contributed by atoms with Gasteiger partial charge in [0.25, 0.3) is 11.8 Å². The van der Waals surface area contributed by atoms with Gasteiger partial charge in [0.05, 0.1) is 18.5 Å². The number of aromatic nitrogens is 3. The molecule has 2 atom stereocenters. The number of hydrogen-bond donors (Lipinski definition) is 4. The molecule has 0 saturated heterocycles. The monoisotopic (exact) mass is 590 g/mol. The molecule has 3 aromatic rings. The number of ether oxygens (including phenoxy) is 1. The Morgan fingerprint density at radius 2 is 1.93 bits per heavy atom. The number of aliphatic hydroxyl groups is 2. The molecule has 0 radical (unpaired) electrons. The fraction of sp³-hybridized carbons (Fsp3) is 0.387. The van der Waals surface area contributed by atoms with E-state index in [0.717, 1.165) is 0 Å². The first-order chi connectivity index (χ1) is 20.7. The zero-order valence-electron chi connectivity index (χ0n) is 24.4. The van der Waals surface area contributed by atoms with Crippen LogP contribution >= 0.6 is 0 Å². The second-order valence-electron chi connectivity index (χ2n) is 10.5. The van der Waals surface area contributed by atoms with Crippen LogP contribution in [0.5, 0.6) is 0 Å². The van der Waals surface area contributed by atoms with E-state index in [9.17, 15) is 19.5 Å². The summed E-state index contributed by atoms with van der Waals surface area (Å²) < 4.78 is 6.38. The van der Waals surface area contributed by atoms with Crippen molar-refractivity contribution in [1.29, 1.82) is 0 Å². The molecule has 1 aromatic heterocycles. The van der Waals surface area contributed by atoms with Crippen LogP contribution in [0.2, 0.25) is 0 Å². The first-order valence-electron chi connectivity index (χ1n) is 14.3. The molecular weight excluding hydrogens is 552 g/mol. The van der Waals surface area contributed by atoms with E-state index in [1.165, 1.54) is 7.11 Å². The van der Waals surface area contributed by atoms with Crippen LogP contribution in [0, 0.1) is 5.92 Å². The lowest BCUT2D eigenvalue weighted by molar-refractivity contribution is -0.140. The lowest BCUT2D eigenvalue weighted by atomic mass is 9.82. The zero-order chi connectivity index (χ0) is 31.0. The molecular formula is C31H38N6O6. The van der Waals surface area contributed by atoms with Crippen molar-refractivity contribution in [2.75, 3.05) is 36.2 Å². The quantitative estimate of drug-likeness (QED) is 0.0953. The molecule has 5 N–H and O–H groups in total. The lowest BCUT2D eigenvalue weighted by Gasteiger charge is -2.28. The first-order valence-corrected chi connectivity index (χ1v) is 14.3. The predicted molar refractivity (Wildman–Crippen MR) is 161 cm³/mol. The summed E-state index contributed by atoms with van der Waals surface area (Å²) in [5.41, 5.74) is 6.89. The topological polar surface area (TPSA) is 173 Å². The van der Waals surface area contributed by atoms with Crippen molar-refractivity contribution < 1.29 is 29.3 Å². The van der Waals surface area contributed by atoms with E-state index >= 15 is 0 Å². The SMILES string of the molecule is COC(=O)CCCCN1C(=O)[C@](O)([C@H](C)/C=C/CCn2cc(CCO)nn2)c2cc(NC(=O)c3ccc(N)cc3)ccc21. The number of nitrogens with one attached hydrogen (secondary N) is 1. The number of amides is 2. The maximum absolute atomic E-state index is 13.8. The van der Waals surface area contributed by atoms with Crippen LogP contribution in [0.15, 0.2) is 60.8 Å². The third-order valence-corrected chi connectivity index (χ3v) is 7.50. The molecule has 0 unspecified atom stereocenters. The molecule has 1 aliphatic heterocycles. The molecule has 1 aliphatic rings. The minimum absolute atomic E-state index is 0.000725. The van der Waals surface area contributed by atoms with E-state index in [1.807, 2.05) is 6.08 Å². The molecule has 2 heterocycles. The van der Waals surface area contributed by atoms with Crippen LogP contribution in [0.4, 0.5) is 17.1 Å². The summed E-state index contributed by atoms with van der Waals surface area (Å²) >= 11 is 0. The Labute approximate surface area is 250 Å². The summed E-state index contributed by atoms with van der Waals surface area (Å²) in [6, 6.07) is 11.6. The minimum atomic E-state index is -1.88. The predicted octanol–water partition coefficient (Wildman–Crippen LogP) is 2.81. The number of carbonyl (C=O) groups is 3. The zero-order valence-corrected chi connectivity index (χ0v) is 24.4. The van der Waals surface area contributed by atoms with Gasteiger partial charge in [0, 0.05) is 67.2 Å². The van der Waals surface area contributed by atoms with Crippen LogP contribution < -0.4 is 16.0 Å². The summed E-state index contributed by atoms with van der Waals surface area (Å²) in [4.78, 5) is 39.8. The number of nitrogens with two attached hydrogens (primary N) is 1. The van der Waals surface area contributed by atoms with Gasteiger partial charge >= 0.3 is 5.97 Å². The molecule has 4 rings (SSSR count). The van der Waals surface area contributed by atoms with Crippen molar-refractivity contribution in [3.63, 3.8) is 0 Å². The van der Waals surface area contributed by atoms with Crippen LogP contribution in [0.25, 0.3) is 0 Å². The number of anilines is 3. The Bertz CT molecular complexity index is 1470. The van der Waals surface area contributed by atoms with Crippen molar-refractivity contribution in [2.24, 2.45) is 5.92 Å². The summed E-state index contributed by atoms with van der Waals surface area (Å²) in [5.74, 6) is -1.75. The van der Waals surface area contributed by atoms with E-state index in [2.05, 4.69) is 15.6 Å². The highest BCUT2D eigenvalue weighted by Crippen LogP contribution is 2.46. The summed E-state index contributed by atoms with van der Waals surface area (Å²) in [6.07, 6.45) is 7.77. The Morgan fingerprint density at radius 3 is 2.65 bits per heavy atom. The third-order valence-electron chi connectivity index (χ3n) is 7.50. The maximum atomic E-state index is 13.8. The second kappa shape index (κ2) is 14.1. The van der Waals surface area contributed by atoms with Gasteiger partial charge in [-0.2, -0.15) is 0 Å². The number of rotatable bonds is 14. The number of aryl methyl sites for hydroxylation is 1. The highest BCUT2D eigenvalue weighted by atomic mass is 16.5. The number of nitrogens with zero attached hydrogens (tertiary/aromatic N) is 4. The van der Waals surface area contributed by atoms with Crippen molar-refractivity contribution in [3.05, 3.63) is 77.6 Å². The maximum Gasteiger partial charge on any atom is 0.305 e. The Balaban J connectivity index is 1.54. The van der Waals surface area contributed by atoms with Gasteiger partial charge in [-0.05, 0) is 61.7 Å². The molecule has 228 valence electrons. The summed E-state index contributed by atoms with van der Waals surface area (Å²) in [7, 11) is 1.34.